The van der Waals surface area contributed by atoms with Crippen molar-refractivity contribution in [3.63, 3.8) is 0 Å². The van der Waals surface area contributed by atoms with Crippen LogP contribution < -0.4 is 15.2 Å². The molecule has 3 aromatic rings. The van der Waals surface area contributed by atoms with E-state index in [2.05, 4.69) is 20.5 Å². The van der Waals surface area contributed by atoms with Gasteiger partial charge in [0.05, 0.1) is 43.9 Å². The molecular weight excluding hydrogens is 396 g/mol. The van der Waals surface area contributed by atoms with Crippen molar-refractivity contribution in [1.29, 1.82) is 0 Å². The number of likely N-dealkylation sites (tertiary alicyclic amines) is 1. The Balaban J connectivity index is 1.58. The maximum absolute atomic E-state index is 13.3. The molecule has 0 bridgehead atoms. The van der Waals surface area contributed by atoms with Crippen molar-refractivity contribution in [3.05, 3.63) is 46.0 Å². The van der Waals surface area contributed by atoms with E-state index in [0.717, 1.165) is 67.9 Å². The number of quaternary nitrogens is 1. The molecule has 0 radical (unpaired) electrons. The molecule has 2 aliphatic heterocycles. The Kier molecular flexibility index (Phi) is 5.69. The quantitative estimate of drug-likeness (QED) is 0.608. The number of benzene rings is 1. The van der Waals surface area contributed by atoms with Gasteiger partial charge < -0.3 is 19.4 Å². The Hall–Kier alpha value is -2.78. The fourth-order valence-electron chi connectivity index (χ4n) is 4.90. The first-order chi connectivity index (χ1) is 15.2. The third-order valence-electron chi connectivity index (χ3n) is 6.52. The molecular formula is C22H29N6O3+. The third-order valence-corrected chi connectivity index (χ3v) is 6.52. The average Bonchev–Trinajstić information content (AvgIpc) is 3.48. The standard InChI is InChI=1S/C22H28N6O3/c1-30-16-8-7-15-12-18(22(29)23-19(15)13-16)20(27-9-3-2-4-10-27)21-24-25-26-28(21)14-17-6-5-11-31-17/h7-8,12-13,17,20H,2-6,9-11,14H2,1H3,(H,23,29)/p+1/t17-,20-/m1/s1. The second-order valence-electron chi connectivity index (χ2n) is 8.51. The first kappa shape index (κ1) is 20.1. The Labute approximate surface area is 180 Å². The van der Waals surface area contributed by atoms with Gasteiger partial charge in [0.15, 0.2) is 6.04 Å². The summed E-state index contributed by atoms with van der Waals surface area (Å²) >= 11 is 0. The zero-order valence-corrected chi connectivity index (χ0v) is 17.8. The first-order valence-electron chi connectivity index (χ1n) is 11.2. The van der Waals surface area contributed by atoms with Crippen LogP contribution in [-0.4, -0.2) is 58.1 Å². The van der Waals surface area contributed by atoms with E-state index in [1.54, 1.807) is 7.11 Å². The number of rotatable bonds is 6. The predicted octanol–water partition coefficient (Wildman–Crippen LogP) is 0.860. The smallest absolute Gasteiger partial charge is 0.258 e. The third kappa shape index (κ3) is 4.07. The number of H-pyrrole nitrogens is 1. The van der Waals surface area contributed by atoms with Crippen LogP contribution in [0.4, 0.5) is 0 Å². The van der Waals surface area contributed by atoms with Crippen LogP contribution in [0.2, 0.25) is 0 Å². The van der Waals surface area contributed by atoms with Gasteiger partial charge in [0.2, 0.25) is 5.82 Å². The molecule has 0 unspecified atom stereocenters. The van der Waals surface area contributed by atoms with Crippen molar-refractivity contribution in [3.8, 4) is 5.75 Å². The molecule has 9 heteroatoms. The number of aromatic nitrogens is 5. The molecule has 2 aromatic heterocycles. The van der Waals surface area contributed by atoms with Crippen LogP contribution in [0.15, 0.2) is 29.1 Å². The SMILES string of the molecule is COc1ccc2cc([C@H](c3nnnn3C[C@H]3CCCO3)[NH+]3CCCCC3)c(=O)[nH]c2c1. The maximum atomic E-state index is 13.3. The molecule has 2 saturated heterocycles. The molecule has 0 aliphatic carbocycles. The van der Waals surface area contributed by atoms with E-state index in [1.165, 1.54) is 11.3 Å². The van der Waals surface area contributed by atoms with Gasteiger partial charge in [0.25, 0.3) is 5.56 Å². The molecule has 9 nitrogen and oxygen atoms in total. The average molecular weight is 426 g/mol. The highest BCUT2D eigenvalue weighted by atomic mass is 16.5. The summed E-state index contributed by atoms with van der Waals surface area (Å²) in [6.45, 7) is 3.40. The summed E-state index contributed by atoms with van der Waals surface area (Å²) in [5, 5.41) is 13.6. The van der Waals surface area contributed by atoms with Crippen LogP contribution in [0.1, 0.15) is 49.5 Å². The van der Waals surface area contributed by atoms with Crippen LogP contribution in [-0.2, 0) is 11.3 Å². The van der Waals surface area contributed by atoms with Crippen molar-refractivity contribution in [1.82, 2.24) is 25.2 Å². The molecule has 2 atom stereocenters. The maximum Gasteiger partial charge on any atom is 0.258 e. The number of nitrogens with one attached hydrogen (secondary N) is 2. The minimum atomic E-state index is -0.216. The molecule has 0 spiro atoms. The molecule has 0 amide bonds. The van der Waals surface area contributed by atoms with Crippen LogP contribution in [0.25, 0.3) is 10.9 Å². The van der Waals surface area contributed by atoms with Gasteiger partial charge in [-0.3, -0.25) is 4.79 Å². The molecule has 4 heterocycles. The van der Waals surface area contributed by atoms with E-state index in [-0.39, 0.29) is 17.7 Å². The van der Waals surface area contributed by atoms with Crippen LogP contribution in [0, 0.1) is 0 Å². The van der Waals surface area contributed by atoms with Gasteiger partial charge in [-0.2, -0.15) is 0 Å². The Bertz CT molecular complexity index is 1100. The lowest BCUT2D eigenvalue weighted by atomic mass is 10.0. The van der Waals surface area contributed by atoms with Gasteiger partial charge >= 0.3 is 0 Å². The molecule has 1 aromatic carbocycles. The normalized spacial score (nSPS) is 20.9. The highest BCUT2D eigenvalue weighted by Crippen LogP contribution is 2.23. The molecule has 0 saturated carbocycles. The van der Waals surface area contributed by atoms with E-state index in [0.29, 0.717) is 12.1 Å². The monoisotopic (exact) mass is 425 g/mol. The first-order valence-corrected chi connectivity index (χ1v) is 11.2. The number of hydrogen-bond acceptors (Lipinski definition) is 6. The van der Waals surface area contributed by atoms with Crippen molar-refractivity contribution >= 4 is 10.9 Å². The summed E-state index contributed by atoms with van der Waals surface area (Å²) in [5.41, 5.74) is 1.37. The number of fused-ring (bicyclic) bond motifs is 1. The van der Waals surface area contributed by atoms with Crippen molar-refractivity contribution in [2.45, 2.75) is 50.8 Å². The molecule has 2 aliphatic rings. The fourth-order valence-corrected chi connectivity index (χ4v) is 4.90. The lowest BCUT2D eigenvalue weighted by Crippen LogP contribution is -3.13. The Morgan fingerprint density at radius 1 is 1.26 bits per heavy atom. The van der Waals surface area contributed by atoms with E-state index >= 15 is 0 Å². The van der Waals surface area contributed by atoms with E-state index in [9.17, 15) is 4.79 Å². The fraction of sp³-hybridized carbons (Fsp3) is 0.545. The van der Waals surface area contributed by atoms with Gasteiger partial charge in [-0.15, -0.1) is 5.10 Å². The van der Waals surface area contributed by atoms with Gasteiger partial charge in [-0.1, -0.05) is 0 Å². The van der Waals surface area contributed by atoms with Crippen LogP contribution >= 0.6 is 0 Å². The summed E-state index contributed by atoms with van der Waals surface area (Å²) in [4.78, 5) is 17.7. The molecule has 2 fully saturated rings. The van der Waals surface area contributed by atoms with E-state index in [1.807, 2.05) is 28.9 Å². The summed E-state index contributed by atoms with van der Waals surface area (Å²) in [6, 6.07) is 7.52. The predicted molar refractivity (Wildman–Crippen MR) is 114 cm³/mol. The summed E-state index contributed by atoms with van der Waals surface area (Å²) in [5.74, 6) is 1.46. The van der Waals surface area contributed by atoms with Gasteiger partial charge in [0.1, 0.15) is 5.75 Å². The van der Waals surface area contributed by atoms with Crippen molar-refractivity contribution in [2.75, 3.05) is 26.8 Å². The van der Waals surface area contributed by atoms with E-state index < -0.39 is 0 Å². The summed E-state index contributed by atoms with van der Waals surface area (Å²) < 4.78 is 13.0. The number of tetrazole rings is 1. The van der Waals surface area contributed by atoms with E-state index in [4.69, 9.17) is 9.47 Å². The number of pyridine rings is 1. The highest BCUT2D eigenvalue weighted by molar-refractivity contribution is 5.80. The number of nitrogens with zero attached hydrogens (tertiary/aromatic N) is 4. The topological polar surface area (TPSA) is 99.4 Å². The number of hydrogen-bond donors (Lipinski definition) is 2. The molecule has 31 heavy (non-hydrogen) atoms. The van der Waals surface area contributed by atoms with Crippen molar-refractivity contribution in [2.24, 2.45) is 0 Å². The zero-order valence-electron chi connectivity index (χ0n) is 17.8. The van der Waals surface area contributed by atoms with Gasteiger partial charge in [0, 0.05) is 12.7 Å². The molecule has 2 N–H and O–H groups in total. The largest absolute Gasteiger partial charge is 0.497 e. The van der Waals surface area contributed by atoms with Gasteiger partial charge in [-0.25, -0.2) is 4.68 Å². The second-order valence-corrected chi connectivity index (χ2v) is 8.51. The number of aromatic amines is 1. The number of piperidine rings is 1. The second kappa shape index (κ2) is 8.76. The zero-order chi connectivity index (χ0) is 21.2. The lowest BCUT2D eigenvalue weighted by molar-refractivity contribution is -0.931. The van der Waals surface area contributed by atoms with Crippen LogP contribution in [0.5, 0.6) is 5.75 Å². The summed E-state index contributed by atoms with van der Waals surface area (Å²) in [6.07, 6.45) is 5.71. The number of methoxy groups -OCH3 is 1. The number of ether oxygens (including phenoxy) is 2. The van der Waals surface area contributed by atoms with Gasteiger partial charge in [-0.05, 0) is 66.1 Å². The highest BCUT2D eigenvalue weighted by Gasteiger charge is 2.35. The Morgan fingerprint density at radius 2 is 2.13 bits per heavy atom. The molecule has 5 rings (SSSR count). The lowest BCUT2D eigenvalue weighted by Gasteiger charge is -2.30. The minimum Gasteiger partial charge on any atom is -0.497 e. The minimum absolute atomic E-state index is 0.101. The van der Waals surface area contributed by atoms with Crippen molar-refractivity contribution < 1.29 is 14.4 Å². The molecule has 164 valence electrons. The van der Waals surface area contributed by atoms with Crippen LogP contribution in [0.3, 0.4) is 0 Å². The summed E-state index contributed by atoms with van der Waals surface area (Å²) in [7, 11) is 1.62. The Morgan fingerprint density at radius 3 is 2.90 bits per heavy atom.